The summed E-state index contributed by atoms with van der Waals surface area (Å²) in [5, 5.41) is 0. The summed E-state index contributed by atoms with van der Waals surface area (Å²) in [6.07, 6.45) is 4.44. The van der Waals surface area contributed by atoms with Crippen molar-refractivity contribution in [3.8, 4) is 0 Å². The molecule has 1 saturated carbocycles. The molecule has 30 heavy (non-hydrogen) atoms. The number of aromatic amines is 1. The molecule has 1 aromatic rings. The number of aromatic nitrogens is 2. The third-order valence-electron chi connectivity index (χ3n) is 6.86. The summed E-state index contributed by atoms with van der Waals surface area (Å²) in [6, 6.07) is 1.60. The normalized spacial score (nSPS) is 27.2. The highest BCUT2D eigenvalue weighted by Crippen LogP contribution is 2.40. The predicted octanol–water partition coefficient (Wildman–Crippen LogP) is 1.48. The lowest BCUT2D eigenvalue weighted by Gasteiger charge is -2.34. The molecule has 0 spiro atoms. The molecule has 3 aliphatic rings. The zero-order chi connectivity index (χ0) is 21.3. The third-order valence-corrected chi connectivity index (χ3v) is 6.86. The van der Waals surface area contributed by atoms with E-state index in [0.29, 0.717) is 25.6 Å². The molecule has 1 aliphatic carbocycles. The maximum atomic E-state index is 12.7. The van der Waals surface area contributed by atoms with Gasteiger partial charge in [-0.15, -0.1) is 0 Å². The second-order valence-corrected chi connectivity index (χ2v) is 9.09. The van der Waals surface area contributed by atoms with Crippen LogP contribution in [0.3, 0.4) is 0 Å². The van der Waals surface area contributed by atoms with Gasteiger partial charge in [0.05, 0.1) is 5.69 Å². The monoisotopic (exact) mass is 416 g/mol. The van der Waals surface area contributed by atoms with Crippen molar-refractivity contribution >= 4 is 11.8 Å². The van der Waals surface area contributed by atoms with Gasteiger partial charge in [0.15, 0.2) is 0 Å². The molecule has 8 nitrogen and oxygen atoms in total. The Balaban J connectivity index is 1.43. The average Bonchev–Trinajstić information content (AvgIpc) is 3.49. The van der Waals surface area contributed by atoms with Crippen LogP contribution in [0.5, 0.6) is 0 Å². The molecule has 164 valence electrons. The minimum Gasteiger partial charge on any atom is -0.375 e. The van der Waals surface area contributed by atoms with Crippen LogP contribution in [0.1, 0.15) is 62.4 Å². The molecular formula is C22H32N4O4. The second-order valence-electron chi connectivity index (χ2n) is 9.09. The Morgan fingerprint density at radius 2 is 1.90 bits per heavy atom. The number of carbonyl (C=O) groups excluding carboxylic acids is 2. The van der Waals surface area contributed by atoms with Gasteiger partial charge in [-0.05, 0) is 38.0 Å². The van der Waals surface area contributed by atoms with Gasteiger partial charge in [-0.2, -0.15) is 0 Å². The SMILES string of the molecule is COCC(=O)N1CCC(c2nc([C@@H]3CCCN(C(=O)[C@@H]4C[C@H]4C)C3)cc(=O)[nH]2)CC1. The zero-order valence-electron chi connectivity index (χ0n) is 17.9. The van der Waals surface area contributed by atoms with Crippen molar-refractivity contribution in [2.45, 2.75) is 50.9 Å². The van der Waals surface area contributed by atoms with Crippen molar-refractivity contribution in [1.82, 2.24) is 19.8 Å². The first-order valence-electron chi connectivity index (χ1n) is 11.1. The molecular weight excluding hydrogens is 384 g/mol. The third kappa shape index (κ3) is 4.58. The van der Waals surface area contributed by atoms with E-state index in [1.165, 1.54) is 7.11 Å². The van der Waals surface area contributed by atoms with Gasteiger partial charge < -0.3 is 19.5 Å². The second kappa shape index (κ2) is 8.88. The summed E-state index contributed by atoms with van der Waals surface area (Å²) >= 11 is 0. The van der Waals surface area contributed by atoms with E-state index in [1.807, 2.05) is 9.80 Å². The number of methoxy groups -OCH3 is 1. The van der Waals surface area contributed by atoms with E-state index in [2.05, 4.69) is 11.9 Å². The number of piperidine rings is 2. The zero-order valence-corrected chi connectivity index (χ0v) is 17.9. The number of likely N-dealkylation sites (tertiary alicyclic amines) is 2. The number of ether oxygens (including phenoxy) is 1. The van der Waals surface area contributed by atoms with E-state index in [-0.39, 0.29) is 41.7 Å². The molecule has 1 aromatic heterocycles. The van der Waals surface area contributed by atoms with Gasteiger partial charge in [-0.3, -0.25) is 14.4 Å². The van der Waals surface area contributed by atoms with Crippen molar-refractivity contribution < 1.29 is 14.3 Å². The topological polar surface area (TPSA) is 95.6 Å². The Morgan fingerprint density at radius 1 is 1.17 bits per heavy atom. The molecule has 0 radical (unpaired) electrons. The van der Waals surface area contributed by atoms with E-state index in [1.54, 1.807) is 6.07 Å². The van der Waals surface area contributed by atoms with E-state index >= 15 is 0 Å². The fourth-order valence-electron chi connectivity index (χ4n) is 4.83. The molecule has 3 atom stereocenters. The van der Waals surface area contributed by atoms with Gasteiger partial charge in [-0.25, -0.2) is 4.98 Å². The van der Waals surface area contributed by atoms with Crippen LogP contribution < -0.4 is 5.56 Å². The number of hydrogen-bond donors (Lipinski definition) is 1. The van der Waals surface area contributed by atoms with Crippen molar-refractivity contribution in [3.05, 3.63) is 27.9 Å². The Hall–Kier alpha value is -2.22. The average molecular weight is 417 g/mol. The van der Waals surface area contributed by atoms with Gasteiger partial charge in [0.2, 0.25) is 11.8 Å². The number of hydrogen-bond acceptors (Lipinski definition) is 5. The fourth-order valence-corrected chi connectivity index (χ4v) is 4.83. The minimum atomic E-state index is -0.132. The number of H-pyrrole nitrogens is 1. The van der Waals surface area contributed by atoms with E-state index in [9.17, 15) is 14.4 Å². The molecule has 3 heterocycles. The van der Waals surface area contributed by atoms with Crippen LogP contribution in [0.2, 0.25) is 0 Å². The quantitative estimate of drug-likeness (QED) is 0.785. The summed E-state index contributed by atoms with van der Waals surface area (Å²) < 4.78 is 4.94. The largest absolute Gasteiger partial charge is 0.375 e. The summed E-state index contributed by atoms with van der Waals surface area (Å²) in [4.78, 5) is 48.6. The molecule has 0 unspecified atom stereocenters. The standard InChI is InChI=1S/C22H32N4O4/c1-14-10-17(14)22(29)26-7-3-4-16(12-26)18-11-19(27)24-21(23-18)15-5-8-25(9-6-15)20(28)13-30-2/h11,14-17H,3-10,12-13H2,1-2H3,(H,23,24,27)/t14-,16-,17-/m1/s1. The molecule has 2 saturated heterocycles. The van der Waals surface area contributed by atoms with Crippen molar-refractivity contribution in [2.75, 3.05) is 39.9 Å². The Morgan fingerprint density at radius 3 is 2.57 bits per heavy atom. The molecule has 2 amide bonds. The number of nitrogens with zero attached hydrogens (tertiary/aromatic N) is 3. The molecule has 3 fully saturated rings. The number of nitrogens with one attached hydrogen (secondary N) is 1. The lowest BCUT2D eigenvalue weighted by Crippen LogP contribution is -2.41. The summed E-state index contributed by atoms with van der Waals surface area (Å²) in [5.74, 6) is 1.93. The van der Waals surface area contributed by atoms with Crippen LogP contribution in [0.4, 0.5) is 0 Å². The van der Waals surface area contributed by atoms with Crippen LogP contribution in [0.25, 0.3) is 0 Å². The first-order valence-corrected chi connectivity index (χ1v) is 11.1. The van der Waals surface area contributed by atoms with Crippen LogP contribution >= 0.6 is 0 Å². The lowest BCUT2D eigenvalue weighted by molar-refractivity contribution is -0.136. The molecule has 0 aromatic carbocycles. The Bertz CT molecular complexity index is 846. The van der Waals surface area contributed by atoms with E-state index < -0.39 is 0 Å². The molecule has 2 aliphatic heterocycles. The lowest BCUT2D eigenvalue weighted by atomic mass is 9.92. The Labute approximate surface area is 177 Å². The van der Waals surface area contributed by atoms with E-state index in [4.69, 9.17) is 9.72 Å². The first-order chi connectivity index (χ1) is 14.5. The van der Waals surface area contributed by atoms with Crippen LogP contribution in [0, 0.1) is 11.8 Å². The highest BCUT2D eigenvalue weighted by Gasteiger charge is 2.42. The van der Waals surface area contributed by atoms with Gasteiger partial charge in [0.1, 0.15) is 12.4 Å². The van der Waals surface area contributed by atoms with E-state index in [0.717, 1.165) is 50.2 Å². The fraction of sp³-hybridized carbons (Fsp3) is 0.727. The van der Waals surface area contributed by atoms with Gasteiger partial charge in [-0.1, -0.05) is 6.92 Å². The van der Waals surface area contributed by atoms with Crippen molar-refractivity contribution in [2.24, 2.45) is 11.8 Å². The van der Waals surface area contributed by atoms with Crippen LogP contribution in [-0.2, 0) is 14.3 Å². The smallest absolute Gasteiger partial charge is 0.251 e. The molecule has 8 heteroatoms. The molecule has 0 bridgehead atoms. The summed E-state index contributed by atoms with van der Waals surface area (Å²) in [7, 11) is 1.52. The highest BCUT2D eigenvalue weighted by molar-refractivity contribution is 5.81. The van der Waals surface area contributed by atoms with Crippen LogP contribution in [0.15, 0.2) is 10.9 Å². The summed E-state index contributed by atoms with van der Waals surface area (Å²) in [5.41, 5.74) is 0.667. The van der Waals surface area contributed by atoms with Crippen molar-refractivity contribution in [3.63, 3.8) is 0 Å². The predicted molar refractivity (Wildman–Crippen MR) is 111 cm³/mol. The number of rotatable bonds is 5. The van der Waals surface area contributed by atoms with Crippen molar-refractivity contribution in [1.29, 1.82) is 0 Å². The first kappa shape index (κ1) is 21.0. The minimum absolute atomic E-state index is 0.00287. The maximum Gasteiger partial charge on any atom is 0.251 e. The maximum absolute atomic E-state index is 12.7. The van der Waals surface area contributed by atoms with Gasteiger partial charge in [0, 0.05) is 57.1 Å². The molecule has 4 rings (SSSR count). The summed E-state index contributed by atoms with van der Waals surface area (Å²) in [6.45, 7) is 4.98. The van der Waals surface area contributed by atoms with Crippen LogP contribution in [-0.4, -0.2) is 71.5 Å². The highest BCUT2D eigenvalue weighted by atomic mass is 16.5. The number of carbonyl (C=O) groups is 2. The van der Waals surface area contributed by atoms with Gasteiger partial charge in [0.25, 0.3) is 5.56 Å². The van der Waals surface area contributed by atoms with Gasteiger partial charge >= 0.3 is 0 Å². The Kier molecular flexibility index (Phi) is 6.22. The number of amides is 2. The molecule has 1 N–H and O–H groups in total.